The molecule has 0 aromatic rings. The third kappa shape index (κ3) is 2.22. The second-order valence-electron chi connectivity index (χ2n) is 2.93. The molecular formula is C7H12N2O2S. The molecule has 1 atom stereocenters. The molecule has 1 aliphatic heterocycles. The minimum Gasteiger partial charge on any atom is -0.369 e. The molecule has 0 aromatic heterocycles. The lowest BCUT2D eigenvalue weighted by molar-refractivity contribution is -0.120. The summed E-state index contributed by atoms with van der Waals surface area (Å²) in [5, 5.41) is -0.172. The van der Waals surface area contributed by atoms with Crippen LogP contribution in [0.2, 0.25) is 0 Å². The van der Waals surface area contributed by atoms with E-state index in [1.807, 2.05) is 0 Å². The molecule has 0 aliphatic carbocycles. The van der Waals surface area contributed by atoms with Gasteiger partial charge in [0.1, 0.15) is 0 Å². The lowest BCUT2D eigenvalue weighted by Crippen LogP contribution is -2.39. The van der Waals surface area contributed by atoms with E-state index in [4.69, 9.17) is 5.73 Å². The Morgan fingerprint density at radius 1 is 1.58 bits per heavy atom. The van der Waals surface area contributed by atoms with Crippen molar-refractivity contribution in [1.29, 1.82) is 0 Å². The molecule has 68 valence electrons. The van der Waals surface area contributed by atoms with Gasteiger partial charge >= 0.3 is 0 Å². The Bertz CT molecular complexity index is 208. The van der Waals surface area contributed by atoms with Crippen LogP contribution < -0.4 is 5.73 Å². The highest BCUT2D eigenvalue weighted by molar-refractivity contribution is 7.96. The van der Waals surface area contributed by atoms with Crippen LogP contribution in [-0.2, 0) is 9.59 Å². The van der Waals surface area contributed by atoms with Crippen LogP contribution in [0.25, 0.3) is 0 Å². The second kappa shape index (κ2) is 3.91. The number of carbonyl (C=O) groups is 2. The first-order chi connectivity index (χ1) is 5.61. The molecule has 0 unspecified atom stereocenters. The van der Waals surface area contributed by atoms with Crippen molar-refractivity contribution in [1.82, 2.24) is 4.90 Å². The van der Waals surface area contributed by atoms with Crippen LogP contribution in [0.5, 0.6) is 0 Å². The Balaban J connectivity index is 2.52. The third-order valence-corrected chi connectivity index (χ3v) is 2.31. The summed E-state index contributed by atoms with van der Waals surface area (Å²) in [4.78, 5) is 23.3. The lowest BCUT2D eigenvalue weighted by Gasteiger charge is -2.19. The Hall–Kier alpha value is -0.550. The molecule has 1 rings (SSSR count). The van der Waals surface area contributed by atoms with Gasteiger partial charge in [-0.1, -0.05) is 0 Å². The summed E-state index contributed by atoms with van der Waals surface area (Å²) >= 11 is 3.74. The Morgan fingerprint density at radius 3 is 2.75 bits per heavy atom. The maximum absolute atomic E-state index is 10.9. The van der Waals surface area contributed by atoms with Gasteiger partial charge < -0.3 is 5.73 Å². The fourth-order valence-corrected chi connectivity index (χ4v) is 1.79. The topological polar surface area (TPSA) is 63.4 Å². The van der Waals surface area contributed by atoms with Gasteiger partial charge in [-0.2, -0.15) is 0 Å². The van der Waals surface area contributed by atoms with E-state index in [0.29, 0.717) is 0 Å². The van der Waals surface area contributed by atoms with Gasteiger partial charge in [-0.15, -0.1) is 12.6 Å². The summed E-state index contributed by atoms with van der Waals surface area (Å²) < 4.78 is 0. The zero-order valence-corrected chi connectivity index (χ0v) is 7.59. The summed E-state index contributed by atoms with van der Waals surface area (Å²) in [6.45, 7) is 0.927. The number of rotatable bonds is 3. The number of nitrogens with zero attached hydrogens (tertiary/aromatic N) is 1. The Morgan fingerprint density at radius 2 is 2.25 bits per heavy atom. The number of likely N-dealkylation sites (tertiary alicyclic amines) is 1. The first-order valence-corrected chi connectivity index (χ1v) is 4.31. The molecule has 1 heterocycles. The zero-order chi connectivity index (χ0) is 9.14. The monoisotopic (exact) mass is 188 g/mol. The maximum Gasteiger partial charge on any atom is 0.231 e. The molecular weight excluding hydrogens is 176 g/mol. The van der Waals surface area contributed by atoms with Gasteiger partial charge in [0.15, 0.2) is 0 Å². The van der Waals surface area contributed by atoms with Gasteiger partial charge in [-0.05, 0) is 19.4 Å². The standard InChI is InChI=1S/C7H12N2O2S/c8-6(10)4-9-3-1-2-5(9)7(11)12/h5H,1-4H2,(H2,8,10)(H,11,12)/t5-/m0/s1. The van der Waals surface area contributed by atoms with Crippen molar-refractivity contribution in [3.8, 4) is 0 Å². The van der Waals surface area contributed by atoms with Crippen LogP contribution >= 0.6 is 12.6 Å². The number of nitrogens with two attached hydrogens (primary N) is 1. The summed E-state index contributed by atoms with van der Waals surface area (Å²) in [5.74, 6) is -0.392. The van der Waals surface area contributed by atoms with Gasteiger partial charge in [0.05, 0.1) is 12.6 Å². The molecule has 0 saturated carbocycles. The molecule has 12 heavy (non-hydrogen) atoms. The van der Waals surface area contributed by atoms with Crippen molar-refractivity contribution in [3.63, 3.8) is 0 Å². The van der Waals surface area contributed by atoms with Gasteiger partial charge in [-0.25, -0.2) is 0 Å². The number of hydrogen-bond acceptors (Lipinski definition) is 3. The van der Waals surface area contributed by atoms with E-state index in [2.05, 4.69) is 12.6 Å². The van der Waals surface area contributed by atoms with E-state index in [1.165, 1.54) is 0 Å². The molecule has 1 fully saturated rings. The highest BCUT2D eigenvalue weighted by Gasteiger charge is 2.29. The maximum atomic E-state index is 10.9. The van der Waals surface area contributed by atoms with Gasteiger partial charge in [-0.3, -0.25) is 14.5 Å². The predicted octanol–water partition coefficient (Wildman–Crippen LogP) is -0.608. The van der Waals surface area contributed by atoms with E-state index >= 15 is 0 Å². The average Bonchev–Trinajstić information content (AvgIpc) is 2.33. The van der Waals surface area contributed by atoms with Crippen LogP contribution in [0.4, 0.5) is 0 Å². The van der Waals surface area contributed by atoms with Crippen molar-refractivity contribution in [3.05, 3.63) is 0 Å². The van der Waals surface area contributed by atoms with E-state index in [-0.39, 0.29) is 17.7 Å². The Labute approximate surface area is 76.5 Å². The van der Waals surface area contributed by atoms with Gasteiger partial charge in [0, 0.05) is 0 Å². The predicted molar refractivity (Wildman–Crippen MR) is 47.8 cm³/mol. The number of amides is 1. The van der Waals surface area contributed by atoms with Crippen LogP contribution in [0, 0.1) is 0 Å². The normalized spacial score (nSPS) is 24.2. The summed E-state index contributed by atoms with van der Waals surface area (Å²) in [6, 6.07) is -0.208. The quantitative estimate of drug-likeness (QED) is 0.581. The number of primary amides is 1. The van der Waals surface area contributed by atoms with Crippen molar-refractivity contribution < 1.29 is 9.59 Å². The lowest BCUT2D eigenvalue weighted by atomic mass is 10.2. The minimum absolute atomic E-state index is 0.164. The fourth-order valence-electron chi connectivity index (χ4n) is 1.50. The van der Waals surface area contributed by atoms with E-state index in [0.717, 1.165) is 19.4 Å². The van der Waals surface area contributed by atoms with Crippen LogP contribution in [-0.4, -0.2) is 35.1 Å². The van der Waals surface area contributed by atoms with Gasteiger partial charge in [0.25, 0.3) is 0 Å². The molecule has 1 amide bonds. The Kier molecular flexibility index (Phi) is 3.11. The highest BCUT2D eigenvalue weighted by Crippen LogP contribution is 2.18. The first kappa shape index (κ1) is 9.54. The smallest absolute Gasteiger partial charge is 0.231 e. The summed E-state index contributed by atoms with van der Waals surface area (Å²) in [6.07, 6.45) is 1.72. The molecule has 0 aromatic carbocycles. The van der Waals surface area contributed by atoms with Crippen LogP contribution in [0.1, 0.15) is 12.8 Å². The van der Waals surface area contributed by atoms with Crippen molar-refractivity contribution in [2.75, 3.05) is 13.1 Å². The first-order valence-electron chi connectivity index (χ1n) is 3.86. The average molecular weight is 188 g/mol. The van der Waals surface area contributed by atoms with E-state index in [1.54, 1.807) is 4.90 Å². The molecule has 0 spiro atoms. The summed E-state index contributed by atoms with van der Waals surface area (Å²) in [7, 11) is 0. The fraction of sp³-hybridized carbons (Fsp3) is 0.714. The largest absolute Gasteiger partial charge is 0.369 e. The molecule has 1 saturated heterocycles. The van der Waals surface area contributed by atoms with Crippen LogP contribution in [0.3, 0.4) is 0 Å². The molecule has 0 radical (unpaired) electrons. The highest BCUT2D eigenvalue weighted by atomic mass is 32.1. The number of hydrogen-bond donors (Lipinski definition) is 2. The molecule has 4 nitrogen and oxygen atoms in total. The van der Waals surface area contributed by atoms with E-state index < -0.39 is 5.91 Å². The number of carbonyl (C=O) groups excluding carboxylic acids is 2. The van der Waals surface area contributed by atoms with Crippen molar-refractivity contribution in [2.45, 2.75) is 18.9 Å². The van der Waals surface area contributed by atoms with Gasteiger partial charge in [0.2, 0.25) is 11.0 Å². The molecule has 5 heteroatoms. The zero-order valence-electron chi connectivity index (χ0n) is 6.69. The second-order valence-corrected chi connectivity index (χ2v) is 3.37. The molecule has 0 bridgehead atoms. The SMILES string of the molecule is NC(=O)CN1CCC[C@H]1C(=O)S. The van der Waals surface area contributed by atoms with Crippen molar-refractivity contribution in [2.24, 2.45) is 5.73 Å². The van der Waals surface area contributed by atoms with Crippen LogP contribution in [0.15, 0.2) is 0 Å². The van der Waals surface area contributed by atoms with Crippen molar-refractivity contribution >= 4 is 23.7 Å². The van der Waals surface area contributed by atoms with E-state index in [9.17, 15) is 9.59 Å². The third-order valence-electron chi connectivity index (χ3n) is 2.01. The molecule has 1 aliphatic rings. The summed E-state index contributed by atoms with van der Waals surface area (Å²) in [5.41, 5.74) is 5.02. The number of thiol groups is 1. The minimum atomic E-state index is -0.392. The molecule has 2 N–H and O–H groups in total.